The molecule has 9 heteroatoms. The van der Waals surface area contributed by atoms with E-state index in [0.717, 1.165) is 17.2 Å². The monoisotopic (exact) mass is 346 g/mol. The number of nitrogens with one attached hydrogen (secondary N) is 1. The Hall–Kier alpha value is -1.64. The lowest BCUT2D eigenvalue weighted by Gasteiger charge is -2.09. The summed E-state index contributed by atoms with van der Waals surface area (Å²) in [5.74, 6) is 0. The van der Waals surface area contributed by atoms with Gasteiger partial charge in [0.25, 0.3) is 15.7 Å². The summed E-state index contributed by atoms with van der Waals surface area (Å²) >= 11 is 6.34. The summed E-state index contributed by atoms with van der Waals surface area (Å²) in [6.07, 6.45) is 0. The molecule has 6 nitrogen and oxygen atoms in total. The molecule has 0 saturated carbocycles. The molecule has 0 aliphatic heterocycles. The standard InChI is InChI=1S/C12H11ClN2O4S2/c1-7-3-4-9(8(2)5-7)14-21(18,19)11-6-10(15(16)17)12(13)20-11/h3-6,14H,1-2H3. The van der Waals surface area contributed by atoms with Gasteiger partial charge in [-0.3, -0.25) is 14.8 Å². The SMILES string of the molecule is Cc1ccc(NS(=O)(=O)c2cc([N+](=O)[O-])c(Cl)s2)c(C)c1. The minimum atomic E-state index is -3.90. The first-order valence-corrected chi connectivity index (χ1v) is 8.42. The predicted molar refractivity (Wildman–Crippen MR) is 82.7 cm³/mol. The fraction of sp³-hybridized carbons (Fsp3) is 0.167. The zero-order chi connectivity index (χ0) is 15.8. The van der Waals surface area contributed by atoms with E-state index in [-0.39, 0.29) is 8.55 Å². The molecule has 112 valence electrons. The molecule has 1 N–H and O–H groups in total. The van der Waals surface area contributed by atoms with Gasteiger partial charge in [-0.15, -0.1) is 11.3 Å². The largest absolute Gasteiger partial charge is 0.300 e. The molecule has 1 heterocycles. The van der Waals surface area contributed by atoms with Crippen LogP contribution in [0.15, 0.2) is 28.5 Å². The van der Waals surface area contributed by atoms with Crippen LogP contribution in [-0.2, 0) is 10.0 Å². The van der Waals surface area contributed by atoms with E-state index in [4.69, 9.17) is 11.6 Å². The van der Waals surface area contributed by atoms with Crippen LogP contribution in [0.2, 0.25) is 4.34 Å². The van der Waals surface area contributed by atoms with E-state index in [1.54, 1.807) is 19.1 Å². The summed E-state index contributed by atoms with van der Waals surface area (Å²) in [6, 6.07) is 6.21. The number of benzene rings is 1. The first kappa shape index (κ1) is 15.7. The van der Waals surface area contributed by atoms with Crippen LogP contribution in [0.25, 0.3) is 0 Å². The molecule has 0 aliphatic carbocycles. The van der Waals surface area contributed by atoms with E-state index in [2.05, 4.69) is 4.72 Å². The molecule has 2 aromatic rings. The third-order valence-electron chi connectivity index (χ3n) is 2.73. The average Bonchev–Trinajstić information content (AvgIpc) is 2.76. The number of anilines is 1. The number of hydrogen-bond donors (Lipinski definition) is 1. The van der Waals surface area contributed by atoms with Crippen molar-refractivity contribution in [2.45, 2.75) is 18.1 Å². The van der Waals surface area contributed by atoms with Crippen LogP contribution in [0.1, 0.15) is 11.1 Å². The number of rotatable bonds is 4. The molecule has 0 unspecified atom stereocenters. The highest BCUT2D eigenvalue weighted by molar-refractivity contribution is 7.94. The molecule has 0 atom stereocenters. The molecule has 1 aromatic carbocycles. The Morgan fingerprint density at radius 1 is 1.29 bits per heavy atom. The molecule has 0 amide bonds. The van der Waals surface area contributed by atoms with Crippen molar-refractivity contribution in [2.75, 3.05) is 4.72 Å². The van der Waals surface area contributed by atoms with Crippen molar-refractivity contribution in [3.8, 4) is 0 Å². The lowest BCUT2D eigenvalue weighted by atomic mass is 10.1. The van der Waals surface area contributed by atoms with Gasteiger partial charge in [-0.2, -0.15) is 0 Å². The number of aryl methyl sites for hydroxylation is 2. The Kier molecular flexibility index (Phi) is 4.22. The Bertz CT molecular complexity index is 815. The predicted octanol–water partition coefficient (Wildman–Crippen LogP) is 3.73. The normalized spacial score (nSPS) is 11.4. The molecule has 0 bridgehead atoms. The second-order valence-corrected chi connectivity index (χ2v) is 7.97. The van der Waals surface area contributed by atoms with E-state index < -0.39 is 20.6 Å². The van der Waals surface area contributed by atoms with E-state index in [1.165, 1.54) is 0 Å². The van der Waals surface area contributed by atoms with Crippen molar-refractivity contribution in [2.24, 2.45) is 0 Å². The van der Waals surface area contributed by atoms with Gasteiger partial charge in [-0.05, 0) is 25.5 Å². The Balaban J connectivity index is 2.38. The minimum Gasteiger partial charge on any atom is -0.279 e. The maximum atomic E-state index is 12.2. The van der Waals surface area contributed by atoms with Crippen molar-refractivity contribution < 1.29 is 13.3 Å². The van der Waals surface area contributed by atoms with Crippen molar-refractivity contribution in [1.82, 2.24) is 0 Å². The highest BCUT2D eigenvalue weighted by Crippen LogP contribution is 2.37. The lowest BCUT2D eigenvalue weighted by molar-refractivity contribution is -0.384. The van der Waals surface area contributed by atoms with Gasteiger partial charge in [0.15, 0.2) is 4.34 Å². The topological polar surface area (TPSA) is 89.3 Å². The molecule has 0 radical (unpaired) electrons. The quantitative estimate of drug-likeness (QED) is 0.674. The highest BCUT2D eigenvalue weighted by atomic mass is 35.5. The maximum Gasteiger partial charge on any atom is 0.300 e. The number of nitro groups is 1. The molecule has 2 rings (SSSR count). The van der Waals surface area contributed by atoms with Crippen molar-refractivity contribution in [3.05, 3.63) is 49.8 Å². The summed E-state index contributed by atoms with van der Waals surface area (Å²) < 4.78 is 26.5. The van der Waals surface area contributed by atoms with Crippen LogP contribution < -0.4 is 4.72 Å². The third kappa shape index (κ3) is 3.34. The van der Waals surface area contributed by atoms with E-state index in [1.807, 2.05) is 13.0 Å². The van der Waals surface area contributed by atoms with Gasteiger partial charge in [0, 0.05) is 6.07 Å². The number of nitrogens with zero attached hydrogens (tertiary/aromatic N) is 1. The van der Waals surface area contributed by atoms with Gasteiger partial charge < -0.3 is 0 Å². The Labute approximate surface area is 130 Å². The molecule has 0 spiro atoms. The van der Waals surface area contributed by atoms with Crippen LogP contribution in [0, 0.1) is 24.0 Å². The number of sulfonamides is 1. The molecule has 0 aliphatic rings. The van der Waals surface area contributed by atoms with Crippen molar-refractivity contribution in [1.29, 1.82) is 0 Å². The summed E-state index contributed by atoms with van der Waals surface area (Å²) in [5, 5.41) is 10.7. The molecular formula is C12H11ClN2O4S2. The van der Waals surface area contributed by atoms with Crippen LogP contribution in [0.3, 0.4) is 0 Å². The fourth-order valence-electron chi connectivity index (χ4n) is 1.72. The van der Waals surface area contributed by atoms with E-state index in [0.29, 0.717) is 17.0 Å². The fourth-order valence-corrected chi connectivity index (χ4v) is 4.51. The van der Waals surface area contributed by atoms with Crippen LogP contribution >= 0.6 is 22.9 Å². The molecular weight excluding hydrogens is 336 g/mol. The first-order valence-electron chi connectivity index (χ1n) is 5.74. The summed E-state index contributed by atoms with van der Waals surface area (Å²) in [4.78, 5) is 10.0. The lowest BCUT2D eigenvalue weighted by Crippen LogP contribution is -2.12. The maximum absolute atomic E-state index is 12.2. The van der Waals surface area contributed by atoms with Gasteiger partial charge in [0.05, 0.1) is 10.6 Å². The van der Waals surface area contributed by atoms with Crippen LogP contribution in [0.5, 0.6) is 0 Å². The number of halogens is 1. The van der Waals surface area contributed by atoms with Gasteiger partial charge in [0.1, 0.15) is 4.21 Å². The van der Waals surface area contributed by atoms with Gasteiger partial charge in [-0.25, -0.2) is 8.42 Å². The summed E-state index contributed by atoms with van der Waals surface area (Å²) in [7, 11) is -3.90. The van der Waals surface area contributed by atoms with E-state index >= 15 is 0 Å². The Morgan fingerprint density at radius 3 is 2.48 bits per heavy atom. The molecule has 0 fully saturated rings. The van der Waals surface area contributed by atoms with Gasteiger partial charge >= 0.3 is 0 Å². The van der Waals surface area contributed by atoms with Crippen LogP contribution in [0.4, 0.5) is 11.4 Å². The van der Waals surface area contributed by atoms with E-state index in [9.17, 15) is 18.5 Å². The second kappa shape index (κ2) is 5.63. The second-order valence-electron chi connectivity index (χ2n) is 4.41. The van der Waals surface area contributed by atoms with Crippen molar-refractivity contribution in [3.63, 3.8) is 0 Å². The number of hydrogen-bond acceptors (Lipinski definition) is 5. The number of thiophene rings is 1. The summed E-state index contributed by atoms with van der Waals surface area (Å²) in [6.45, 7) is 3.67. The molecule has 0 saturated heterocycles. The molecule has 21 heavy (non-hydrogen) atoms. The third-order valence-corrected chi connectivity index (χ3v) is 5.91. The van der Waals surface area contributed by atoms with Crippen LogP contribution in [-0.4, -0.2) is 13.3 Å². The zero-order valence-electron chi connectivity index (χ0n) is 11.1. The highest BCUT2D eigenvalue weighted by Gasteiger charge is 2.25. The first-order chi connectivity index (χ1) is 9.70. The minimum absolute atomic E-state index is 0.166. The average molecular weight is 347 g/mol. The van der Waals surface area contributed by atoms with Crippen molar-refractivity contribution >= 4 is 44.3 Å². The Morgan fingerprint density at radius 2 is 1.95 bits per heavy atom. The zero-order valence-corrected chi connectivity index (χ0v) is 13.5. The van der Waals surface area contributed by atoms with Gasteiger partial charge in [0.2, 0.25) is 0 Å². The summed E-state index contributed by atoms with van der Waals surface area (Å²) in [5.41, 5.74) is 1.77. The van der Waals surface area contributed by atoms with Gasteiger partial charge in [-0.1, -0.05) is 29.3 Å². The molecule has 1 aromatic heterocycles. The smallest absolute Gasteiger partial charge is 0.279 e.